The molecule has 1 fully saturated rings. The summed E-state index contributed by atoms with van der Waals surface area (Å²) in [5.41, 5.74) is 1.68. The minimum Gasteiger partial charge on any atom is -0.481 e. The second-order valence-corrected chi connectivity index (χ2v) is 9.36. The number of hydrogen-bond donors (Lipinski definition) is 1. The van der Waals surface area contributed by atoms with Crippen LogP contribution in [0.2, 0.25) is 10.0 Å². The van der Waals surface area contributed by atoms with E-state index in [0.717, 1.165) is 11.1 Å². The molecule has 8 heteroatoms. The minimum atomic E-state index is -1.06. The molecule has 2 aromatic rings. The minimum absolute atomic E-state index is 0.183. The molecule has 1 N–H and O–H groups in total. The molecule has 0 radical (unpaired) electrons. The van der Waals surface area contributed by atoms with Crippen LogP contribution in [-0.4, -0.2) is 40.5 Å². The molecule has 0 bridgehead atoms. The predicted molar refractivity (Wildman–Crippen MR) is 131 cm³/mol. The molecular weight excluding hydrogens is 477 g/mol. The average Bonchev–Trinajstić information content (AvgIpc) is 2.79. The molecule has 182 valence electrons. The number of amides is 1. The van der Waals surface area contributed by atoms with Gasteiger partial charge in [0, 0.05) is 21.9 Å². The van der Waals surface area contributed by atoms with Crippen LogP contribution in [0, 0.1) is 5.92 Å². The van der Waals surface area contributed by atoms with Gasteiger partial charge in [-0.1, -0.05) is 60.8 Å². The van der Waals surface area contributed by atoms with Crippen molar-refractivity contribution in [3.8, 4) is 0 Å². The number of ether oxygens (including phenoxy) is 1. The number of esters is 1. The normalized spacial score (nSPS) is 21.2. The monoisotopic (exact) mass is 505 g/mol. The van der Waals surface area contributed by atoms with Crippen LogP contribution in [0.3, 0.4) is 0 Å². The molecule has 1 saturated heterocycles. The van der Waals surface area contributed by atoms with E-state index in [9.17, 15) is 19.5 Å². The Morgan fingerprint density at radius 1 is 1.09 bits per heavy atom. The van der Waals surface area contributed by atoms with Gasteiger partial charge in [0.2, 0.25) is 5.91 Å². The van der Waals surface area contributed by atoms with E-state index in [1.165, 1.54) is 0 Å². The van der Waals surface area contributed by atoms with Crippen LogP contribution in [0.25, 0.3) is 0 Å². The summed E-state index contributed by atoms with van der Waals surface area (Å²) < 4.78 is 5.35. The number of rotatable bonds is 9. The summed E-state index contributed by atoms with van der Waals surface area (Å²) in [5, 5.41) is 10.6. The van der Waals surface area contributed by atoms with Crippen molar-refractivity contribution >= 4 is 41.0 Å². The van der Waals surface area contributed by atoms with Crippen LogP contribution in [0.5, 0.6) is 0 Å². The quantitative estimate of drug-likeness (QED) is 0.430. The van der Waals surface area contributed by atoms with E-state index in [1.807, 2.05) is 37.3 Å². The summed E-state index contributed by atoms with van der Waals surface area (Å²) in [6, 6.07) is 13.2. The van der Waals surface area contributed by atoms with Crippen LogP contribution >= 0.6 is 23.2 Å². The number of carbonyl (C=O) groups is 3. The van der Waals surface area contributed by atoms with Crippen molar-refractivity contribution < 1.29 is 24.2 Å². The van der Waals surface area contributed by atoms with E-state index >= 15 is 0 Å². The molecule has 1 amide bonds. The van der Waals surface area contributed by atoms with Crippen LogP contribution in [0.1, 0.15) is 62.6 Å². The second kappa shape index (κ2) is 11.7. The molecular formula is C26H29Cl2NO5. The number of nitrogens with zero attached hydrogens (tertiary/aromatic N) is 1. The first-order valence-corrected chi connectivity index (χ1v) is 12.2. The van der Waals surface area contributed by atoms with E-state index in [-0.39, 0.29) is 24.9 Å². The summed E-state index contributed by atoms with van der Waals surface area (Å²) in [5.74, 6) is -2.96. The molecule has 0 aliphatic carbocycles. The maximum absolute atomic E-state index is 13.8. The standard InChI is InChI=1S/C26H29Cl2NO5/c1-3-6-22(26(33)34-4-2)29-24(16-9-11-19(27)12-10-16)21(17-7-5-8-20(28)13-17)14-18(25(29)32)15-23(30)31/h5,7-13,18,21-22,24H,3-4,6,14-15H2,1-2H3,(H,30,31)/t18-,21?,22+,24?/m0/s1. The first-order chi connectivity index (χ1) is 16.3. The Morgan fingerprint density at radius 3 is 2.38 bits per heavy atom. The van der Waals surface area contributed by atoms with E-state index in [2.05, 4.69) is 0 Å². The van der Waals surface area contributed by atoms with Crippen molar-refractivity contribution in [1.29, 1.82) is 0 Å². The summed E-state index contributed by atoms with van der Waals surface area (Å²) >= 11 is 12.4. The van der Waals surface area contributed by atoms with Gasteiger partial charge in [-0.15, -0.1) is 0 Å². The van der Waals surface area contributed by atoms with Crippen LogP contribution in [0.4, 0.5) is 0 Å². The average molecular weight is 506 g/mol. The maximum atomic E-state index is 13.8. The Hall–Kier alpha value is -2.57. The molecule has 6 nitrogen and oxygen atoms in total. The van der Waals surface area contributed by atoms with Gasteiger partial charge in [0.1, 0.15) is 6.04 Å². The fraction of sp³-hybridized carbons (Fsp3) is 0.423. The molecule has 4 atom stereocenters. The summed E-state index contributed by atoms with van der Waals surface area (Å²) in [6.07, 6.45) is 1.04. The Kier molecular flexibility index (Phi) is 8.97. The number of benzene rings is 2. The fourth-order valence-corrected chi connectivity index (χ4v) is 5.12. The highest BCUT2D eigenvalue weighted by molar-refractivity contribution is 6.30. The van der Waals surface area contributed by atoms with E-state index in [1.54, 1.807) is 30.0 Å². The zero-order valence-electron chi connectivity index (χ0n) is 19.2. The van der Waals surface area contributed by atoms with Gasteiger partial charge in [-0.2, -0.15) is 0 Å². The molecule has 1 heterocycles. The molecule has 0 saturated carbocycles. The number of carboxylic acid groups (broad SMARTS) is 1. The lowest BCUT2D eigenvalue weighted by atomic mass is 9.74. The molecule has 0 spiro atoms. The predicted octanol–water partition coefficient (Wildman–Crippen LogP) is 5.87. The highest BCUT2D eigenvalue weighted by atomic mass is 35.5. The fourth-order valence-electron chi connectivity index (χ4n) is 4.80. The highest BCUT2D eigenvalue weighted by Gasteiger charge is 2.48. The third kappa shape index (κ3) is 5.91. The van der Waals surface area contributed by atoms with Gasteiger partial charge < -0.3 is 14.7 Å². The summed E-state index contributed by atoms with van der Waals surface area (Å²) in [7, 11) is 0. The number of carbonyl (C=O) groups excluding carboxylic acids is 2. The van der Waals surface area contributed by atoms with Gasteiger partial charge in [0.05, 0.1) is 19.1 Å². The first-order valence-electron chi connectivity index (χ1n) is 11.5. The Morgan fingerprint density at radius 2 is 1.79 bits per heavy atom. The largest absolute Gasteiger partial charge is 0.481 e. The van der Waals surface area contributed by atoms with Gasteiger partial charge in [0.25, 0.3) is 0 Å². The van der Waals surface area contributed by atoms with Gasteiger partial charge in [-0.25, -0.2) is 4.79 Å². The third-order valence-electron chi connectivity index (χ3n) is 6.19. The topological polar surface area (TPSA) is 83.9 Å². The lowest BCUT2D eigenvalue weighted by molar-refractivity contribution is -0.164. The third-order valence-corrected chi connectivity index (χ3v) is 6.68. The lowest BCUT2D eigenvalue weighted by Gasteiger charge is -2.47. The van der Waals surface area contributed by atoms with Crippen molar-refractivity contribution in [2.75, 3.05) is 6.61 Å². The smallest absolute Gasteiger partial charge is 0.328 e. The maximum Gasteiger partial charge on any atom is 0.328 e. The Balaban J connectivity index is 2.21. The Labute approximate surface area is 209 Å². The molecule has 1 aliphatic heterocycles. The molecule has 0 aromatic heterocycles. The van der Waals surface area contributed by atoms with Crippen LogP contribution in [-0.2, 0) is 19.1 Å². The van der Waals surface area contributed by atoms with Gasteiger partial charge in [-0.05, 0) is 55.2 Å². The number of piperidine rings is 1. The zero-order valence-corrected chi connectivity index (χ0v) is 20.8. The van der Waals surface area contributed by atoms with Crippen molar-refractivity contribution in [3.05, 3.63) is 69.7 Å². The summed E-state index contributed by atoms with van der Waals surface area (Å²) in [4.78, 5) is 40.0. The van der Waals surface area contributed by atoms with Crippen LogP contribution in [0.15, 0.2) is 48.5 Å². The molecule has 1 aliphatic rings. The number of hydrogen-bond acceptors (Lipinski definition) is 4. The van der Waals surface area contributed by atoms with Crippen molar-refractivity contribution in [2.45, 2.75) is 57.5 Å². The Bertz CT molecular complexity index is 1030. The van der Waals surface area contributed by atoms with Gasteiger partial charge >= 0.3 is 11.9 Å². The number of carboxylic acids is 1. The van der Waals surface area contributed by atoms with Crippen molar-refractivity contribution in [2.24, 2.45) is 5.92 Å². The SMILES string of the molecule is CCC[C@H](C(=O)OCC)N1C(=O)[C@H](CC(=O)O)CC(c2cccc(Cl)c2)C1c1ccc(Cl)cc1. The highest BCUT2D eigenvalue weighted by Crippen LogP contribution is 2.47. The van der Waals surface area contributed by atoms with Crippen molar-refractivity contribution in [3.63, 3.8) is 0 Å². The van der Waals surface area contributed by atoms with Gasteiger partial charge in [0.15, 0.2) is 0 Å². The van der Waals surface area contributed by atoms with E-state index < -0.39 is 29.9 Å². The first kappa shape index (κ1) is 26.0. The van der Waals surface area contributed by atoms with E-state index in [4.69, 9.17) is 27.9 Å². The van der Waals surface area contributed by atoms with E-state index in [0.29, 0.717) is 29.3 Å². The zero-order chi connectivity index (χ0) is 24.8. The second-order valence-electron chi connectivity index (χ2n) is 8.49. The molecule has 34 heavy (non-hydrogen) atoms. The number of aliphatic carboxylic acids is 1. The lowest BCUT2D eigenvalue weighted by Crippen LogP contribution is -2.54. The number of halogens is 2. The summed E-state index contributed by atoms with van der Waals surface area (Å²) in [6.45, 7) is 3.84. The molecule has 3 rings (SSSR count). The molecule has 2 aromatic carbocycles. The number of likely N-dealkylation sites (tertiary alicyclic amines) is 1. The van der Waals surface area contributed by atoms with Crippen LogP contribution < -0.4 is 0 Å². The van der Waals surface area contributed by atoms with Crippen molar-refractivity contribution in [1.82, 2.24) is 4.90 Å². The van der Waals surface area contributed by atoms with Gasteiger partial charge in [-0.3, -0.25) is 9.59 Å². The molecule has 2 unspecified atom stereocenters.